The second kappa shape index (κ2) is 8.36. The van der Waals surface area contributed by atoms with Gasteiger partial charge in [0.15, 0.2) is 0 Å². The molecule has 0 atom stereocenters. The predicted octanol–water partition coefficient (Wildman–Crippen LogP) is 4.42. The van der Waals surface area contributed by atoms with Gasteiger partial charge in [-0.1, -0.05) is 23.7 Å². The van der Waals surface area contributed by atoms with Gasteiger partial charge in [0.2, 0.25) is 0 Å². The van der Waals surface area contributed by atoms with Crippen LogP contribution >= 0.6 is 11.6 Å². The number of pyridine rings is 1. The molecule has 3 rings (SSSR count). The smallest absolute Gasteiger partial charge is 0.270 e. The van der Waals surface area contributed by atoms with E-state index < -0.39 is 0 Å². The molecule has 0 bridgehead atoms. The van der Waals surface area contributed by atoms with E-state index in [2.05, 4.69) is 15.6 Å². The zero-order valence-corrected chi connectivity index (χ0v) is 15.0. The van der Waals surface area contributed by atoms with Gasteiger partial charge in [0.05, 0.1) is 19.0 Å². The van der Waals surface area contributed by atoms with Gasteiger partial charge in [-0.3, -0.25) is 4.79 Å². The fraction of sp³-hybridized carbons (Fsp3) is 0.100. The Labute approximate surface area is 157 Å². The highest BCUT2D eigenvalue weighted by Crippen LogP contribution is 2.18. The minimum atomic E-state index is -0.223. The second-order valence-corrected chi connectivity index (χ2v) is 6.03. The van der Waals surface area contributed by atoms with Crippen molar-refractivity contribution in [1.29, 1.82) is 0 Å². The van der Waals surface area contributed by atoms with Gasteiger partial charge >= 0.3 is 0 Å². The van der Waals surface area contributed by atoms with Gasteiger partial charge in [-0.2, -0.15) is 0 Å². The lowest BCUT2D eigenvalue weighted by Crippen LogP contribution is -2.23. The van der Waals surface area contributed by atoms with Crippen LogP contribution in [0.1, 0.15) is 16.1 Å². The molecule has 5 nitrogen and oxygen atoms in total. The second-order valence-electron chi connectivity index (χ2n) is 5.59. The number of carbonyl (C=O) groups excluding carboxylic acids is 1. The summed E-state index contributed by atoms with van der Waals surface area (Å²) in [5.41, 5.74) is 3.03. The topological polar surface area (TPSA) is 63.2 Å². The zero-order chi connectivity index (χ0) is 18.4. The molecule has 2 aromatic carbocycles. The molecule has 0 saturated heterocycles. The lowest BCUT2D eigenvalue weighted by Gasteiger charge is -2.08. The Morgan fingerprint density at radius 3 is 2.31 bits per heavy atom. The van der Waals surface area contributed by atoms with E-state index in [1.807, 2.05) is 42.5 Å². The van der Waals surface area contributed by atoms with Crippen molar-refractivity contribution in [1.82, 2.24) is 10.3 Å². The lowest BCUT2D eigenvalue weighted by molar-refractivity contribution is 0.0946. The van der Waals surface area contributed by atoms with Gasteiger partial charge in [0.25, 0.3) is 5.91 Å². The first-order valence-electron chi connectivity index (χ1n) is 8.04. The number of hydrogen-bond donors (Lipinski definition) is 2. The van der Waals surface area contributed by atoms with Gasteiger partial charge < -0.3 is 15.4 Å². The number of ether oxygens (including phenoxy) is 1. The lowest BCUT2D eigenvalue weighted by atomic mass is 10.2. The molecule has 0 saturated carbocycles. The largest absolute Gasteiger partial charge is 0.497 e. The summed E-state index contributed by atoms with van der Waals surface area (Å²) in [4.78, 5) is 16.4. The average Bonchev–Trinajstić information content (AvgIpc) is 2.69. The Kier molecular flexibility index (Phi) is 5.71. The summed E-state index contributed by atoms with van der Waals surface area (Å²) < 4.78 is 5.11. The highest BCUT2D eigenvalue weighted by molar-refractivity contribution is 6.30. The molecule has 0 spiro atoms. The third-order valence-corrected chi connectivity index (χ3v) is 3.99. The molecule has 0 fully saturated rings. The van der Waals surface area contributed by atoms with Crippen LogP contribution in [0.25, 0.3) is 0 Å². The average molecular weight is 368 g/mol. The number of nitrogens with zero attached hydrogens (tertiary/aromatic N) is 1. The van der Waals surface area contributed by atoms with Gasteiger partial charge in [0, 0.05) is 17.3 Å². The van der Waals surface area contributed by atoms with Crippen molar-refractivity contribution in [2.45, 2.75) is 6.54 Å². The predicted molar refractivity (Wildman–Crippen MR) is 103 cm³/mol. The number of methoxy groups -OCH3 is 1. The van der Waals surface area contributed by atoms with Crippen LogP contribution in [0.15, 0.2) is 66.9 Å². The van der Waals surface area contributed by atoms with Gasteiger partial charge in [-0.25, -0.2) is 4.98 Å². The third-order valence-electron chi connectivity index (χ3n) is 3.74. The van der Waals surface area contributed by atoms with Crippen molar-refractivity contribution in [3.63, 3.8) is 0 Å². The first-order chi connectivity index (χ1) is 12.6. The van der Waals surface area contributed by atoms with Crippen LogP contribution < -0.4 is 15.4 Å². The molecule has 1 amide bonds. The number of carbonyl (C=O) groups is 1. The molecule has 6 heteroatoms. The van der Waals surface area contributed by atoms with Gasteiger partial charge in [0.1, 0.15) is 11.4 Å². The van der Waals surface area contributed by atoms with Crippen LogP contribution in [0.2, 0.25) is 5.02 Å². The molecule has 0 unspecified atom stereocenters. The van der Waals surface area contributed by atoms with E-state index in [0.717, 1.165) is 22.7 Å². The van der Waals surface area contributed by atoms with Crippen LogP contribution in [0.5, 0.6) is 5.75 Å². The number of nitrogens with one attached hydrogen (secondary N) is 2. The van der Waals surface area contributed by atoms with E-state index in [-0.39, 0.29) is 5.91 Å². The maximum Gasteiger partial charge on any atom is 0.270 e. The van der Waals surface area contributed by atoms with Crippen molar-refractivity contribution in [2.75, 3.05) is 12.4 Å². The molecule has 1 aromatic heterocycles. The monoisotopic (exact) mass is 367 g/mol. The van der Waals surface area contributed by atoms with Crippen LogP contribution in [-0.2, 0) is 6.54 Å². The summed E-state index contributed by atoms with van der Waals surface area (Å²) in [7, 11) is 1.62. The molecular weight excluding hydrogens is 350 g/mol. The molecule has 0 aliphatic rings. The zero-order valence-electron chi connectivity index (χ0n) is 14.2. The van der Waals surface area contributed by atoms with E-state index in [9.17, 15) is 4.79 Å². The summed E-state index contributed by atoms with van der Waals surface area (Å²) >= 11 is 5.87. The van der Waals surface area contributed by atoms with E-state index in [0.29, 0.717) is 17.3 Å². The SMILES string of the molecule is COc1ccc(CNC(=O)c2ccc(Nc3ccc(Cl)cc3)cn2)cc1. The fourth-order valence-corrected chi connectivity index (χ4v) is 2.44. The minimum Gasteiger partial charge on any atom is -0.497 e. The molecule has 26 heavy (non-hydrogen) atoms. The number of rotatable bonds is 6. The van der Waals surface area contributed by atoms with E-state index in [1.165, 1.54) is 0 Å². The quantitative estimate of drug-likeness (QED) is 0.677. The standard InChI is InChI=1S/C20H18ClN3O2/c1-26-18-9-2-14(3-10-18)12-23-20(25)19-11-8-17(13-22-19)24-16-6-4-15(21)5-7-16/h2-11,13,24H,12H2,1H3,(H,23,25). The molecule has 0 aliphatic carbocycles. The van der Waals surface area contributed by atoms with Crippen molar-refractivity contribution in [3.05, 3.63) is 83.1 Å². The highest BCUT2D eigenvalue weighted by atomic mass is 35.5. The molecule has 132 valence electrons. The van der Waals surface area contributed by atoms with E-state index in [4.69, 9.17) is 16.3 Å². The normalized spacial score (nSPS) is 10.2. The number of anilines is 2. The molecule has 3 aromatic rings. The van der Waals surface area contributed by atoms with Gasteiger partial charge in [-0.05, 0) is 54.1 Å². The highest BCUT2D eigenvalue weighted by Gasteiger charge is 2.07. The first kappa shape index (κ1) is 17.8. The summed E-state index contributed by atoms with van der Waals surface area (Å²) in [6.45, 7) is 0.426. The van der Waals surface area contributed by atoms with Crippen molar-refractivity contribution >= 4 is 28.9 Å². The molecular formula is C20H18ClN3O2. The maximum atomic E-state index is 12.2. The Bertz CT molecular complexity index is 863. The molecule has 0 aliphatic heterocycles. The number of benzene rings is 2. The van der Waals surface area contributed by atoms with Crippen molar-refractivity contribution in [2.24, 2.45) is 0 Å². The maximum absolute atomic E-state index is 12.2. The van der Waals surface area contributed by atoms with Crippen molar-refractivity contribution in [3.8, 4) is 5.75 Å². The minimum absolute atomic E-state index is 0.223. The third kappa shape index (κ3) is 4.74. The Balaban J connectivity index is 1.56. The van der Waals surface area contributed by atoms with Crippen LogP contribution in [0, 0.1) is 0 Å². The Hall–Kier alpha value is -3.05. The van der Waals surface area contributed by atoms with Gasteiger partial charge in [-0.15, -0.1) is 0 Å². The molecule has 2 N–H and O–H groups in total. The van der Waals surface area contributed by atoms with Crippen LogP contribution in [-0.4, -0.2) is 18.0 Å². The summed E-state index contributed by atoms with van der Waals surface area (Å²) in [5, 5.41) is 6.73. The van der Waals surface area contributed by atoms with Crippen LogP contribution in [0.4, 0.5) is 11.4 Å². The number of amides is 1. The number of halogens is 1. The fourth-order valence-electron chi connectivity index (χ4n) is 2.32. The Morgan fingerprint density at radius 2 is 1.69 bits per heavy atom. The summed E-state index contributed by atoms with van der Waals surface area (Å²) in [5.74, 6) is 0.560. The first-order valence-corrected chi connectivity index (χ1v) is 8.41. The van der Waals surface area contributed by atoms with E-state index >= 15 is 0 Å². The Morgan fingerprint density at radius 1 is 1.00 bits per heavy atom. The molecule has 0 radical (unpaired) electrons. The number of aromatic nitrogens is 1. The van der Waals surface area contributed by atoms with E-state index in [1.54, 1.807) is 31.5 Å². The van der Waals surface area contributed by atoms with Crippen molar-refractivity contribution < 1.29 is 9.53 Å². The van der Waals surface area contributed by atoms with Crippen LogP contribution in [0.3, 0.4) is 0 Å². The molecule has 1 heterocycles. The summed E-state index contributed by atoms with van der Waals surface area (Å²) in [6.07, 6.45) is 1.62. The number of hydrogen-bond acceptors (Lipinski definition) is 4. The summed E-state index contributed by atoms with van der Waals surface area (Å²) in [6, 6.07) is 18.4.